The number of aliphatic hydroxyl groups excluding tert-OH is 4. The van der Waals surface area contributed by atoms with Gasteiger partial charge in [-0.2, -0.15) is 0 Å². The molecule has 0 spiro atoms. The van der Waals surface area contributed by atoms with Crippen LogP contribution in [0.2, 0.25) is 10.0 Å². The van der Waals surface area contributed by atoms with E-state index in [-0.39, 0.29) is 33.0 Å². The summed E-state index contributed by atoms with van der Waals surface area (Å²) >= 11 is 11.8. The van der Waals surface area contributed by atoms with Crippen LogP contribution in [-0.2, 0) is 0 Å². The van der Waals surface area contributed by atoms with Crippen LogP contribution in [0, 0.1) is 5.82 Å². The minimum atomic E-state index is -2.14. The van der Waals surface area contributed by atoms with Crippen LogP contribution >= 0.6 is 23.2 Å². The zero-order valence-corrected chi connectivity index (χ0v) is 19.1. The van der Waals surface area contributed by atoms with Gasteiger partial charge in [0.1, 0.15) is 30.2 Å². The highest BCUT2D eigenvalue weighted by Crippen LogP contribution is 2.37. The van der Waals surface area contributed by atoms with Gasteiger partial charge in [0.15, 0.2) is 23.8 Å². The molecule has 3 aromatic rings. The highest BCUT2D eigenvalue weighted by Gasteiger charge is 2.34. The van der Waals surface area contributed by atoms with Crippen molar-refractivity contribution in [2.75, 3.05) is 25.6 Å². The predicted molar refractivity (Wildman–Crippen MR) is 121 cm³/mol. The quantitative estimate of drug-likeness (QED) is 0.256. The summed E-state index contributed by atoms with van der Waals surface area (Å²) in [7, 11) is 1.33. The Morgan fingerprint density at radius 2 is 1.71 bits per heavy atom. The number of hydrogen-bond donors (Lipinski definition) is 5. The van der Waals surface area contributed by atoms with E-state index in [1.165, 1.54) is 31.6 Å². The molecule has 0 saturated carbocycles. The second-order valence-electron chi connectivity index (χ2n) is 7.13. The van der Waals surface area contributed by atoms with Crippen molar-refractivity contribution in [1.82, 2.24) is 9.97 Å². The molecule has 9 nitrogen and oxygen atoms in total. The summed E-state index contributed by atoms with van der Waals surface area (Å²) in [6.45, 7) is -1.81. The summed E-state index contributed by atoms with van der Waals surface area (Å²) in [6.07, 6.45) is -6.28. The molecule has 0 amide bonds. The molecule has 3 rings (SSSR count). The fourth-order valence-electron chi connectivity index (χ4n) is 3.08. The molecule has 0 radical (unpaired) electrons. The first kappa shape index (κ1) is 26.1. The molecule has 4 atom stereocenters. The van der Waals surface area contributed by atoms with Crippen molar-refractivity contribution < 1.29 is 38.7 Å². The van der Waals surface area contributed by atoms with Crippen LogP contribution in [0.4, 0.5) is 20.3 Å². The molecule has 2 aromatic carbocycles. The molecule has 0 fully saturated rings. The summed E-state index contributed by atoms with van der Waals surface area (Å²) < 4.78 is 38.8. The maximum atomic E-state index is 14.3. The predicted octanol–water partition coefficient (Wildman–Crippen LogP) is 2.62. The van der Waals surface area contributed by atoms with Gasteiger partial charge in [0.25, 0.3) is 0 Å². The topological polar surface area (TPSA) is 137 Å². The van der Waals surface area contributed by atoms with E-state index in [4.69, 9.17) is 37.8 Å². The van der Waals surface area contributed by atoms with Gasteiger partial charge in [-0.15, -0.1) is 0 Å². The van der Waals surface area contributed by atoms with Crippen molar-refractivity contribution in [3.05, 3.63) is 46.5 Å². The van der Waals surface area contributed by atoms with Gasteiger partial charge in [-0.25, -0.2) is 18.7 Å². The van der Waals surface area contributed by atoms with Crippen molar-refractivity contribution in [3.63, 3.8) is 0 Å². The highest BCUT2D eigenvalue weighted by atomic mass is 35.5. The third kappa shape index (κ3) is 5.57. The first-order valence-corrected chi connectivity index (χ1v) is 10.6. The van der Waals surface area contributed by atoms with Crippen LogP contribution in [0.1, 0.15) is 0 Å². The number of hydrogen-bond acceptors (Lipinski definition) is 9. The van der Waals surface area contributed by atoms with Crippen LogP contribution in [0.3, 0.4) is 0 Å². The molecule has 0 aliphatic rings. The van der Waals surface area contributed by atoms with Crippen molar-refractivity contribution in [2.24, 2.45) is 0 Å². The van der Waals surface area contributed by atoms with Gasteiger partial charge in [0.2, 0.25) is 0 Å². The van der Waals surface area contributed by atoms with E-state index in [2.05, 4.69) is 15.3 Å². The van der Waals surface area contributed by atoms with Crippen molar-refractivity contribution in [1.29, 1.82) is 0 Å². The molecule has 34 heavy (non-hydrogen) atoms. The molecule has 0 bridgehead atoms. The number of anilines is 2. The van der Waals surface area contributed by atoms with Crippen molar-refractivity contribution in [2.45, 2.75) is 24.5 Å². The van der Waals surface area contributed by atoms with Gasteiger partial charge in [-0.3, -0.25) is 0 Å². The number of methoxy groups -OCH3 is 1. The van der Waals surface area contributed by atoms with Crippen LogP contribution < -0.4 is 14.8 Å². The molecule has 5 N–H and O–H groups in total. The lowest BCUT2D eigenvalue weighted by atomic mass is 10.0. The first-order valence-electron chi connectivity index (χ1n) is 9.83. The van der Waals surface area contributed by atoms with E-state index in [0.717, 1.165) is 6.07 Å². The van der Waals surface area contributed by atoms with Crippen LogP contribution in [-0.4, -0.2) is 75.2 Å². The number of fused-ring (bicyclic) bond motifs is 1. The Morgan fingerprint density at radius 1 is 1.00 bits per heavy atom. The number of alkyl halides is 1. The molecule has 0 saturated heterocycles. The number of ether oxygens (including phenoxy) is 2. The molecule has 1 aromatic heterocycles. The number of nitrogens with one attached hydrogen (secondary N) is 1. The second-order valence-corrected chi connectivity index (χ2v) is 7.95. The second kappa shape index (κ2) is 11.3. The first-order chi connectivity index (χ1) is 16.2. The Labute approximate surface area is 202 Å². The number of aliphatic hydroxyl groups is 4. The summed E-state index contributed by atoms with van der Waals surface area (Å²) in [5, 5.41) is 41.8. The zero-order chi connectivity index (χ0) is 25.0. The maximum Gasteiger partial charge on any atom is 0.164 e. The molecule has 13 heteroatoms. The summed E-state index contributed by atoms with van der Waals surface area (Å²) in [5.41, 5.74) is 0.315. The van der Waals surface area contributed by atoms with Crippen LogP contribution in [0.25, 0.3) is 10.9 Å². The number of rotatable bonds is 10. The monoisotopic (exact) mass is 519 g/mol. The van der Waals surface area contributed by atoms with E-state index in [9.17, 15) is 24.1 Å². The van der Waals surface area contributed by atoms with Gasteiger partial charge in [0, 0.05) is 11.5 Å². The smallest absolute Gasteiger partial charge is 0.164 e. The molecule has 0 aliphatic heterocycles. The van der Waals surface area contributed by atoms with E-state index < -0.39 is 43.5 Å². The van der Waals surface area contributed by atoms with Crippen LogP contribution in [0.5, 0.6) is 11.5 Å². The number of benzene rings is 2. The zero-order valence-electron chi connectivity index (χ0n) is 17.6. The number of nitrogens with zero attached hydrogens (tertiary/aromatic N) is 2. The van der Waals surface area contributed by atoms with E-state index in [1.54, 1.807) is 0 Å². The van der Waals surface area contributed by atoms with Crippen molar-refractivity contribution >= 4 is 45.6 Å². The highest BCUT2D eigenvalue weighted by molar-refractivity contribution is 6.42. The average Bonchev–Trinajstić information content (AvgIpc) is 2.83. The van der Waals surface area contributed by atoms with Gasteiger partial charge in [-0.05, 0) is 18.2 Å². The van der Waals surface area contributed by atoms with Gasteiger partial charge < -0.3 is 35.2 Å². The number of aromatic nitrogens is 2. The summed E-state index contributed by atoms with van der Waals surface area (Å²) in [5.74, 6) is -0.353. The van der Waals surface area contributed by atoms with E-state index >= 15 is 0 Å². The Bertz CT molecular complexity index is 1160. The SMILES string of the molecule is COc1cc2c(Nc3cc(Cl)c(Cl)cc3F)ncnc2cc1O[C@H](CO)[C@H](O)[C@@H](O)[C@H](F)CO. The number of halogens is 4. The average molecular weight is 520 g/mol. The Balaban J connectivity index is 1.96. The normalized spacial score (nSPS) is 15.0. The molecule has 0 aliphatic carbocycles. The fourth-order valence-corrected chi connectivity index (χ4v) is 3.40. The Kier molecular flexibility index (Phi) is 8.63. The van der Waals surface area contributed by atoms with E-state index in [1.807, 2.05) is 0 Å². The molecule has 184 valence electrons. The van der Waals surface area contributed by atoms with Gasteiger partial charge in [-0.1, -0.05) is 23.2 Å². The molecular formula is C21H21Cl2F2N3O6. The molecule has 1 heterocycles. The summed E-state index contributed by atoms with van der Waals surface area (Å²) in [4.78, 5) is 8.25. The fraction of sp³-hybridized carbons (Fsp3) is 0.333. The third-order valence-corrected chi connectivity index (χ3v) is 5.64. The lowest BCUT2D eigenvalue weighted by Gasteiger charge is -2.28. The Morgan fingerprint density at radius 3 is 2.35 bits per heavy atom. The largest absolute Gasteiger partial charge is 0.493 e. The molecular weight excluding hydrogens is 499 g/mol. The standard InChI is InChI=1S/C21H21Cl2F2N3O6/c1-33-16-2-9-14(5-17(16)34-18(7-30)20(32)19(31)13(25)6-29)26-8-27-21(9)28-15-4-11(23)10(22)3-12(15)24/h2-5,8,13,18-20,29-32H,6-7H2,1H3,(H,26,27,28)/t13-,18-,19+,20+/m1/s1. The van der Waals surface area contributed by atoms with Crippen molar-refractivity contribution in [3.8, 4) is 11.5 Å². The maximum absolute atomic E-state index is 14.3. The minimum absolute atomic E-state index is 0.00470. The van der Waals surface area contributed by atoms with E-state index in [0.29, 0.717) is 10.9 Å². The minimum Gasteiger partial charge on any atom is -0.493 e. The summed E-state index contributed by atoms with van der Waals surface area (Å²) in [6, 6.07) is 5.21. The van der Waals surface area contributed by atoms with Gasteiger partial charge >= 0.3 is 0 Å². The molecule has 0 unspecified atom stereocenters. The Hall–Kier alpha value is -2.54. The lowest BCUT2D eigenvalue weighted by Crippen LogP contribution is -2.48. The van der Waals surface area contributed by atoms with Crippen LogP contribution in [0.15, 0.2) is 30.6 Å². The van der Waals surface area contributed by atoms with Gasteiger partial charge in [0.05, 0.1) is 41.6 Å². The lowest BCUT2D eigenvalue weighted by molar-refractivity contribution is -0.0981. The third-order valence-electron chi connectivity index (χ3n) is 4.92.